The van der Waals surface area contributed by atoms with Crippen molar-refractivity contribution in [1.82, 2.24) is 0 Å². The first-order valence-corrected chi connectivity index (χ1v) is 30.4. The molecule has 2 saturated carbocycles. The maximum atomic E-state index is 2.88. The number of fused-ring (bicyclic) bond motifs is 8. The molecular formula is C30H38Cl2Si2Zr. The van der Waals surface area contributed by atoms with E-state index in [2.05, 4.69) is 121 Å². The van der Waals surface area contributed by atoms with Gasteiger partial charge >= 0.3 is 206 Å². The third kappa shape index (κ3) is 3.12. The van der Waals surface area contributed by atoms with Crippen LogP contribution in [0.3, 0.4) is 0 Å². The smallest absolute Gasteiger partial charge is 1.00 e. The molecule has 184 valence electrons. The standard InChI is InChI=1S/C21H21.C5H5.C4H12Si2.2ClH.Zr/c1-2-8-15-14(7-1)13-20-18-11-4-3-9-16(18)17-10-5-6-12-19(17)21(15)20;1-2-4-5-3-1;1-5(2)6(3)4;;;/h1-21H;1-3H,4H2;1-4H3;2*1H;/q;;;;;+2/p-2. The molecule has 0 spiro atoms. The third-order valence-electron chi connectivity index (χ3n) is 12.0. The molecule has 0 N–H and O–H groups in total. The van der Waals surface area contributed by atoms with E-state index in [1.54, 1.807) is 0 Å². The van der Waals surface area contributed by atoms with Gasteiger partial charge in [0.25, 0.3) is 0 Å². The van der Waals surface area contributed by atoms with Gasteiger partial charge in [0, 0.05) is 0 Å². The maximum Gasteiger partial charge on any atom is -1.00 e. The topological polar surface area (TPSA) is 0 Å². The number of halogens is 2. The molecule has 7 rings (SSSR count). The van der Waals surface area contributed by atoms with Crippen molar-refractivity contribution < 1.29 is 43.4 Å². The van der Waals surface area contributed by atoms with Gasteiger partial charge in [0.1, 0.15) is 0 Å². The first-order chi connectivity index (χ1) is 15.9. The molecule has 5 heteroatoms. The molecule has 0 amide bonds. The van der Waals surface area contributed by atoms with E-state index in [-0.39, 0.29) is 24.8 Å². The van der Waals surface area contributed by atoms with Crippen molar-refractivity contribution in [1.29, 1.82) is 0 Å². The van der Waals surface area contributed by atoms with E-state index in [1.807, 2.05) is 0 Å². The molecule has 7 aliphatic rings. The molecule has 0 aromatic rings. The summed E-state index contributed by atoms with van der Waals surface area (Å²) in [7, 11) is 0. The van der Waals surface area contributed by atoms with Crippen molar-refractivity contribution in [3.05, 3.63) is 94.4 Å². The number of hydrogen-bond acceptors (Lipinski definition) is 0. The SMILES string of the molecule is C[Si]1(C)[Si](C)(C)[Zr+2]1([C]1=CC=CC1)[CH]1C2C=CC=CC2C2C3C=CC=CC3C3C=CC=CC3C21.[Cl-].[Cl-]. The second-order valence-corrected chi connectivity index (χ2v) is 72.1. The van der Waals surface area contributed by atoms with Crippen molar-refractivity contribution in [2.75, 3.05) is 0 Å². The molecule has 1 aliphatic heterocycles. The molecule has 0 nitrogen and oxygen atoms in total. The summed E-state index contributed by atoms with van der Waals surface area (Å²) in [6, 6.07) is 0. The van der Waals surface area contributed by atoms with Crippen molar-refractivity contribution in [3.63, 3.8) is 0 Å². The van der Waals surface area contributed by atoms with Gasteiger partial charge < -0.3 is 24.8 Å². The average molecular weight is 617 g/mol. The van der Waals surface area contributed by atoms with E-state index < -0.39 is 28.0 Å². The summed E-state index contributed by atoms with van der Waals surface area (Å²) in [6.45, 7) is 11.5. The van der Waals surface area contributed by atoms with E-state index in [9.17, 15) is 0 Å². The van der Waals surface area contributed by atoms with Gasteiger partial charge in [-0.3, -0.25) is 0 Å². The van der Waals surface area contributed by atoms with Crippen LogP contribution in [0.15, 0.2) is 94.4 Å². The van der Waals surface area contributed by atoms with Crippen LogP contribution in [0.25, 0.3) is 0 Å². The van der Waals surface area contributed by atoms with Gasteiger partial charge in [0.2, 0.25) is 0 Å². The van der Waals surface area contributed by atoms with Gasteiger partial charge in [-0.05, 0) is 0 Å². The predicted octanol–water partition coefficient (Wildman–Crippen LogP) is 1.62. The normalized spacial score (nSPS) is 44.0. The van der Waals surface area contributed by atoms with Crippen LogP contribution in [0.2, 0.25) is 29.8 Å². The van der Waals surface area contributed by atoms with Crippen LogP contribution >= 0.6 is 0 Å². The molecule has 35 heavy (non-hydrogen) atoms. The Labute approximate surface area is 229 Å². The van der Waals surface area contributed by atoms with Crippen LogP contribution < -0.4 is 24.8 Å². The molecule has 0 bridgehead atoms. The van der Waals surface area contributed by atoms with E-state index in [4.69, 9.17) is 0 Å². The fraction of sp³-hybridized carbons (Fsp3) is 0.467. The summed E-state index contributed by atoms with van der Waals surface area (Å²) in [5.41, 5.74) is 0. The quantitative estimate of drug-likeness (QED) is 0.414. The zero-order chi connectivity index (χ0) is 22.6. The average Bonchev–Trinajstić information content (AvgIpc) is 3.32. The van der Waals surface area contributed by atoms with E-state index >= 15 is 0 Å². The Hall–Kier alpha value is -0.183. The predicted molar refractivity (Wildman–Crippen MR) is 143 cm³/mol. The van der Waals surface area contributed by atoms with Gasteiger partial charge in [-0.15, -0.1) is 0 Å². The molecule has 9 atom stereocenters. The monoisotopic (exact) mass is 614 g/mol. The first-order valence-electron chi connectivity index (χ1n) is 13.3. The van der Waals surface area contributed by atoms with Gasteiger partial charge in [0.05, 0.1) is 0 Å². The van der Waals surface area contributed by atoms with Crippen LogP contribution in [0.4, 0.5) is 0 Å². The number of hydrogen-bond donors (Lipinski definition) is 0. The van der Waals surface area contributed by atoms with Crippen LogP contribution in [-0.4, -0.2) is 9.44 Å². The first kappa shape index (κ1) is 26.4. The fourth-order valence-corrected chi connectivity index (χ4v) is 179. The molecule has 0 aromatic carbocycles. The fourth-order valence-electron chi connectivity index (χ4n) is 10.5. The summed E-state index contributed by atoms with van der Waals surface area (Å²) in [5.74, 6) is 6.12. The van der Waals surface area contributed by atoms with E-state index in [0.717, 1.165) is 39.1 Å². The molecule has 1 saturated heterocycles. The summed E-state index contributed by atoms with van der Waals surface area (Å²) in [6.07, 6.45) is 39.1. The Bertz CT molecular complexity index is 1120. The molecule has 6 aliphatic carbocycles. The van der Waals surface area contributed by atoms with E-state index in [0.29, 0.717) is 11.8 Å². The Morgan fingerprint density at radius 1 is 0.571 bits per heavy atom. The minimum absolute atomic E-state index is 0. The van der Waals surface area contributed by atoms with Crippen LogP contribution in [0, 0.1) is 47.3 Å². The minimum atomic E-state index is -2.55. The summed E-state index contributed by atoms with van der Waals surface area (Å²) < 4.78 is 0.790. The second kappa shape index (κ2) is 8.94. The van der Waals surface area contributed by atoms with Crippen LogP contribution in [0.1, 0.15) is 6.42 Å². The van der Waals surface area contributed by atoms with Gasteiger partial charge in [-0.25, -0.2) is 0 Å². The maximum absolute atomic E-state index is 2.88. The Morgan fingerprint density at radius 2 is 1.00 bits per heavy atom. The molecule has 9 unspecified atom stereocenters. The van der Waals surface area contributed by atoms with Gasteiger partial charge in [-0.1, -0.05) is 0 Å². The molecular weight excluding hydrogens is 579 g/mol. The second-order valence-electron chi connectivity index (χ2n) is 12.8. The minimum Gasteiger partial charge on any atom is -1.00 e. The summed E-state index contributed by atoms with van der Waals surface area (Å²) in [4.78, 5) is 0. The Balaban J connectivity index is 0.00000127. The van der Waals surface area contributed by atoms with Crippen molar-refractivity contribution in [3.8, 4) is 0 Å². The molecule has 3 fully saturated rings. The third-order valence-corrected chi connectivity index (χ3v) is 126. The van der Waals surface area contributed by atoms with Gasteiger partial charge in [-0.2, -0.15) is 0 Å². The van der Waals surface area contributed by atoms with Crippen LogP contribution in [0.5, 0.6) is 0 Å². The number of rotatable bonds is 2. The van der Waals surface area contributed by atoms with E-state index in [1.165, 1.54) is 6.42 Å². The van der Waals surface area contributed by atoms with Gasteiger partial charge in [0.15, 0.2) is 0 Å². The number of allylic oxidation sites excluding steroid dienone is 16. The molecule has 0 aromatic heterocycles. The Kier molecular flexibility index (Phi) is 6.75. The summed E-state index contributed by atoms with van der Waals surface area (Å²) in [5, 5.41) is 0. The summed E-state index contributed by atoms with van der Waals surface area (Å²) >= 11 is -2.55. The van der Waals surface area contributed by atoms with Crippen LogP contribution in [-0.2, 0) is 18.6 Å². The largest absolute Gasteiger partial charge is 1.00 e. The van der Waals surface area contributed by atoms with Crippen molar-refractivity contribution in [2.45, 2.75) is 36.2 Å². The van der Waals surface area contributed by atoms with Crippen molar-refractivity contribution >= 4 is 9.44 Å². The van der Waals surface area contributed by atoms with Crippen molar-refractivity contribution in [2.24, 2.45) is 47.3 Å². The zero-order valence-corrected chi connectivity index (χ0v) is 27.3. The zero-order valence-electron chi connectivity index (χ0n) is 21.3. The molecule has 0 radical (unpaired) electrons. The Morgan fingerprint density at radius 3 is 1.46 bits per heavy atom. The molecule has 1 heterocycles.